The van der Waals surface area contributed by atoms with Gasteiger partial charge >= 0.3 is 21.5 Å². The lowest BCUT2D eigenvalue weighted by molar-refractivity contribution is -0.150. The summed E-state index contributed by atoms with van der Waals surface area (Å²) in [5.74, 6) is -2.39. The number of halogens is 5. The first-order chi connectivity index (χ1) is 17.3. The molecular weight excluding hydrogens is 521 g/mol. The molecule has 206 valence electrons. The Balaban J connectivity index is 1.99. The van der Waals surface area contributed by atoms with E-state index in [1.807, 2.05) is 31.2 Å². The van der Waals surface area contributed by atoms with Crippen LogP contribution < -0.4 is 15.8 Å². The van der Waals surface area contributed by atoms with Gasteiger partial charge < -0.3 is 15.8 Å². The van der Waals surface area contributed by atoms with Crippen LogP contribution in [0.25, 0.3) is 0 Å². The maximum absolute atomic E-state index is 13.6. The molecule has 0 saturated heterocycles. The van der Waals surface area contributed by atoms with Crippen LogP contribution in [0.1, 0.15) is 36.5 Å². The van der Waals surface area contributed by atoms with Crippen LogP contribution >= 0.6 is 0 Å². The zero-order chi connectivity index (χ0) is 27.6. The number of carbonyl (C=O) groups excluding carboxylic acids is 1. The number of carbonyl (C=O) groups is 1. The van der Waals surface area contributed by atoms with Gasteiger partial charge in [-0.1, -0.05) is 31.2 Å². The van der Waals surface area contributed by atoms with E-state index in [4.69, 9.17) is 10.5 Å². The Labute approximate surface area is 212 Å². The topological polar surface area (TPSA) is 111 Å². The number of nitrogens with two attached hydrogens (primary N) is 1. The Morgan fingerprint density at radius 2 is 1.70 bits per heavy atom. The highest BCUT2D eigenvalue weighted by atomic mass is 32.2. The lowest BCUT2D eigenvalue weighted by Crippen LogP contribution is -2.46. The summed E-state index contributed by atoms with van der Waals surface area (Å²) in [7, 11) is -5.51. The van der Waals surface area contributed by atoms with E-state index in [1.165, 1.54) is 4.72 Å². The molecule has 0 bridgehead atoms. The van der Waals surface area contributed by atoms with Crippen molar-refractivity contribution in [2.24, 2.45) is 5.73 Å². The van der Waals surface area contributed by atoms with E-state index in [-0.39, 0.29) is 31.4 Å². The van der Waals surface area contributed by atoms with Crippen LogP contribution in [-0.4, -0.2) is 45.1 Å². The van der Waals surface area contributed by atoms with Gasteiger partial charge in [0.25, 0.3) is 0 Å². The largest absolute Gasteiger partial charge is 0.511 e. The molecule has 7 nitrogen and oxygen atoms in total. The van der Waals surface area contributed by atoms with Gasteiger partial charge in [-0.05, 0) is 48.1 Å². The van der Waals surface area contributed by atoms with Gasteiger partial charge in [0.15, 0.2) is 0 Å². The van der Waals surface area contributed by atoms with E-state index in [1.54, 1.807) is 0 Å². The predicted octanol–water partition coefficient (Wildman–Crippen LogP) is 3.32. The minimum Gasteiger partial charge on any atom is -0.459 e. The molecule has 0 unspecified atom stereocenters. The standard InChI is InChI=1S/C24H30F5N3O4S/c1-2-16-5-3-6-17(9-16)14-31-15-22(21(30)12-18-10-19(25)13-20(26)11-18)36-23(33)7-4-8-32-37(34,35)24(27,28)29/h3,5-6,9-11,13,21-22,31-32H,2,4,7-8,12,14-15,30H2,1H3/t21-,22+/m0/s1. The highest BCUT2D eigenvalue weighted by Crippen LogP contribution is 2.21. The van der Waals surface area contributed by atoms with Gasteiger partial charge in [0.05, 0.1) is 0 Å². The van der Waals surface area contributed by atoms with E-state index in [0.717, 1.165) is 29.7 Å². The van der Waals surface area contributed by atoms with Crippen LogP contribution in [0.5, 0.6) is 0 Å². The maximum atomic E-state index is 13.6. The molecule has 0 heterocycles. The minimum absolute atomic E-state index is 0.0228. The Bertz CT molecular complexity index is 1130. The second-order valence-corrected chi connectivity index (χ2v) is 10.2. The molecule has 0 aliphatic rings. The van der Waals surface area contributed by atoms with Gasteiger partial charge in [-0.3, -0.25) is 4.79 Å². The third-order valence-electron chi connectivity index (χ3n) is 5.38. The minimum atomic E-state index is -5.51. The average molecular weight is 552 g/mol. The second-order valence-electron chi connectivity index (χ2n) is 8.43. The molecule has 0 spiro atoms. The van der Waals surface area contributed by atoms with E-state index < -0.39 is 51.8 Å². The summed E-state index contributed by atoms with van der Waals surface area (Å²) >= 11 is 0. The molecule has 2 aromatic carbocycles. The van der Waals surface area contributed by atoms with Gasteiger partial charge in [0.2, 0.25) is 0 Å². The molecule has 0 aliphatic heterocycles. The third kappa shape index (κ3) is 10.3. The smallest absolute Gasteiger partial charge is 0.459 e. The number of rotatable bonds is 14. The van der Waals surface area contributed by atoms with Crippen molar-refractivity contribution >= 4 is 16.0 Å². The monoisotopic (exact) mass is 551 g/mol. The number of alkyl halides is 3. The van der Waals surface area contributed by atoms with Crippen molar-refractivity contribution in [1.29, 1.82) is 0 Å². The lowest BCUT2D eigenvalue weighted by atomic mass is 10.0. The molecule has 37 heavy (non-hydrogen) atoms. The van der Waals surface area contributed by atoms with Crippen LogP contribution in [-0.2, 0) is 38.9 Å². The zero-order valence-corrected chi connectivity index (χ0v) is 21.0. The van der Waals surface area contributed by atoms with Crippen molar-refractivity contribution < 1.29 is 39.9 Å². The fourth-order valence-electron chi connectivity index (χ4n) is 3.48. The SMILES string of the molecule is CCc1cccc(CNC[C@@H](OC(=O)CCCNS(=O)(=O)C(F)(F)F)[C@@H](N)Cc2cc(F)cc(F)c2)c1. The maximum Gasteiger partial charge on any atom is 0.511 e. The van der Waals surface area contributed by atoms with Crippen molar-refractivity contribution in [3.05, 3.63) is 70.8 Å². The molecule has 0 fully saturated rings. The Kier molecular flexibility index (Phi) is 11.4. The fourth-order valence-corrected chi connectivity index (χ4v) is 4.06. The number of sulfonamides is 1. The summed E-state index contributed by atoms with van der Waals surface area (Å²) < 4.78 is 93.1. The third-order valence-corrected chi connectivity index (χ3v) is 6.58. The summed E-state index contributed by atoms with van der Waals surface area (Å²) in [5, 5.41) is 3.13. The zero-order valence-electron chi connectivity index (χ0n) is 20.2. The van der Waals surface area contributed by atoms with Gasteiger partial charge in [-0.2, -0.15) is 13.2 Å². The van der Waals surface area contributed by atoms with Gasteiger partial charge in [-0.25, -0.2) is 21.9 Å². The molecule has 0 saturated carbocycles. The van der Waals surface area contributed by atoms with Gasteiger partial charge in [0.1, 0.15) is 17.7 Å². The molecular formula is C24H30F5N3O4S. The molecule has 0 aliphatic carbocycles. The molecule has 0 radical (unpaired) electrons. The fraction of sp³-hybridized carbons (Fsp3) is 0.458. The van der Waals surface area contributed by atoms with Crippen LogP contribution in [0.4, 0.5) is 22.0 Å². The summed E-state index contributed by atoms with van der Waals surface area (Å²) in [6.07, 6.45) is -0.744. The molecule has 4 N–H and O–H groups in total. The van der Waals surface area contributed by atoms with Crippen LogP contribution in [0, 0.1) is 11.6 Å². The van der Waals surface area contributed by atoms with E-state index in [2.05, 4.69) is 5.32 Å². The first kappa shape index (κ1) is 30.6. The molecule has 2 aromatic rings. The average Bonchev–Trinajstić information content (AvgIpc) is 2.80. The Morgan fingerprint density at radius 1 is 1.05 bits per heavy atom. The predicted molar refractivity (Wildman–Crippen MR) is 128 cm³/mol. The molecule has 0 aromatic heterocycles. The van der Waals surface area contributed by atoms with E-state index >= 15 is 0 Å². The molecule has 2 rings (SSSR count). The molecule has 0 amide bonds. The normalized spacial score (nSPS) is 13.8. The lowest BCUT2D eigenvalue weighted by Gasteiger charge is -2.25. The van der Waals surface area contributed by atoms with E-state index in [0.29, 0.717) is 12.6 Å². The number of nitrogens with one attached hydrogen (secondary N) is 2. The van der Waals surface area contributed by atoms with Crippen LogP contribution in [0.3, 0.4) is 0 Å². The van der Waals surface area contributed by atoms with Crippen molar-refractivity contribution in [2.45, 2.75) is 56.8 Å². The highest BCUT2D eigenvalue weighted by Gasteiger charge is 2.45. The van der Waals surface area contributed by atoms with E-state index in [9.17, 15) is 35.2 Å². The quantitative estimate of drug-likeness (QED) is 0.189. The van der Waals surface area contributed by atoms with Crippen molar-refractivity contribution in [1.82, 2.24) is 10.0 Å². The first-order valence-electron chi connectivity index (χ1n) is 11.5. The second kappa shape index (κ2) is 13.8. The Hall–Kier alpha value is -2.61. The van der Waals surface area contributed by atoms with Crippen molar-refractivity contribution in [3.8, 4) is 0 Å². The van der Waals surface area contributed by atoms with Crippen molar-refractivity contribution in [2.75, 3.05) is 13.1 Å². The number of hydrogen-bond donors (Lipinski definition) is 3. The summed E-state index contributed by atoms with van der Waals surface area (Å²) in [5.41, 5.74) is 3.11. The summed E-state index contributed by atoms with van der Waals surface area (Å²) in [6.45, 7) is 1.90. The first-order valence-corrected chi connectivity index (χ1v) is 13.0. The van der Waals surface area contributed by atoms with Gasteiger partial charge in [0, 0.05) is 38.2 Å². The highest BCUT2D eigenvalue weighted by molar-refractivity contribution is 7.90. The summed E-state index contributed by atoms with van der Waals surface area (Å²) in [4.78, 5) is 12.3. The van der Waals surface area contributed by atoms with Crippen molar-refractivity contribution in [3.63, 3.8) is 0 Å². The number of esters is 1. The molecule has 2 atom stereocenters. The van der Waals surface area contributed by atoms with Gasteiger partial charge in [-0.15, -0.1) is 0 Å². The molecule has 13 heteroatoms. The van der Waals surface area contributed by atoms with Crippen LogP contribution in [0.2, 0.25) is 0 Å². The number of hydrogen-bond acceptors (Lipinski definition) is 6. The number of ether oxygens (including phenoxy) is 1. The summed E-state index contributed by atoms with van der Waals surface area (Å²) in [6, 6.07) is 9.86. The number of aryl methyl sites for hydroxylation is 1. The number of benzene rings is 2. The van der Waals surface area contributed by atoms with Crippen LogP contribution in [0.15, 0.2) is 42.5 Å². The Morgan fingerprint density at radius 3 is 2.32 bits per heavy atom.